The van der Waals surface area contributed by atoms with E-state index in [9.17, 15) is 9.59 Å². The fraction of sp³-hybridized carbons (Fsp3) is 0.385. The largest absolute Gasteiger partial charge is 0.492 e. The molecule has 0 unspecified atom stereocenters. The second kappa shape index (κ2) is 11.5. The lowest BCUT2D eigenvalue weighted by Gasteiger charge is -2.16. The lowest BCUT2D eigenvalue weighted by molar-refractivity contribution is -0.137. The molecule has 1 aliphatic rings. The number of amides is 2. The Morgan fingerprint density at radius 1 is 0.939 bits per heavy atom. The highest BCUT2D eigenvalue weighted by Crippen LogP contribution is 2.34. The van der Waals surface area contributed by atoms with Gasteiger partial charge in [0.05, 0.1) is 24.0 Å². The average Bonchev–Trinajstić information content (AvgIpc) is 3.02. The SMILES string of the molecule is CCOCCCN1C(=O)C(Nc2ccccc2OCC)=C(c2ccc(OC(C)C)cc2)C1=O. The van der Waals surface area contributed by atoms with Crippen LogP contribution in [0.5, 0.6) is 11.5 Å². The summed E-state index contributed by atoms with van der Waals surface area (Å²) in [7, 11) is 0. The molecule has 1 aliphatic heterocycles. The van der Waals surface area contributed by atoms with Crippen LogP contribution in [-0.4, -0.2) is 49.2 Å². The number of para-hydroxylation sites is 2. The zero-order chi connectivity index (χ0) is 23.8. The Labute approximate surface area is 195 Å². The quantitative estimate of drug-likeness (QED) is 0.378. The van der Waals surface area contributed by atoms with Crippen LogP contribution in [0.2, 0.25) is 0 Å². The summed E-state index contributed by atoms with van der Waals surface area (Å²) < 4.78 is 16.8. The minimum Gasteiger partial charge on any atom is -0.492 e. The number of nitrogens with one attached hydrogen (secondary N) is 1. The van der Waals surface area contributed by atoms with Gasteiger partial charge < -0.3 is 19.5 Å². The standard InChI is InChI=1S/C26H32N2O5/c1-5-31-17-9-16-28-25(29)23(19-12-14-20(15-13-19)33-18(3)4)24(26(28)30)27-21-10-7-8-11-22(21)32-6-2/h7-8,10-15,18,27H,5-6,9,16-17H2,1-4H3. The van der Waals surface area contributed by atoms with Gasteiger partial charge in [0, 0.05) is 19.8 Å². The molecule has 0 aromatic heterocycles. The average molecular weight is 453 g/mol. The molecule has 0 radical (unpaired) electrons. The van der Waals surface area contributed by atoms with Crippen molar-refractivity contribution in [2.45, 2.75) is 40.2 Å². The first kappa shape index (κ1) is 24.3. The third-order valence-electron chi connectivity index (χ3n) is 5.00. The number of rotatable bonds is 12. The summed E-state index contributed by atoms with van der Waals surface area (Å²) >= 11 is 0. The monoisotopic (exact) mass is 452 g/mol. The molecule has 1 N–H and O–H groups in total. The predicted octanol–water partition coefficient (Wildman–Crippen LogP) is 4.49. The molecule has 1 heterocycles. The second-order valence-electron chi connectivity index (χ2n) is 7.81. The number of nitrogens with zero attached hydrogens (tertiary/aromatic N) is 1. The fourth-order valence-electron chi connectivity index (χ4n) is 3.59. The molecule has 0 bridgehead atoms. The smallest absolute Gasteiger partial charge is 0.278 e. The predicted molar refractivity (Wildman–Crippen MR) is 128 cm³/mol. The summed E-state index contributed by atoms with van der Waals surface area (Å²) in [6.07, 6.45) is 0.612. The highest BCUT2D eigenvalue weighted by molar-refractivity contribution is 6.36. The Balaban J connectivity index is 1.96. The lowest BCUT2D eigenvalue weighted by Crippen LogP contribution is -2.34. The van der Waals surface area contributed by atoms with Crippen LogP contribution in [-0.2, 0) is 14.3 Å². The highest BCUT2D eigenvalue weighted by atomic mass is 16.5. The van der Waals surface area contributed by atoms with E-state index in [2.05, 4.69) is 5.32 Å². The maximum atomic E-state index is 13.4. The van der Waals surface area contributed by atoms with Gasteiger partial charge in [0.1, 0.15) is 17.2 Å². The third-order valence-corrected chi connectivity index (χ3v) is 5.00. The Bertz CT molecular complexity index is 998. The summed E-state index contributed by atoms with van der Waals surface area (Å²) in [6, 6.07) is 14.6. The minimum atomic E-state index is -0.361. The van der Waals surface area contributed by atoms with Crippen molar-refractivity contribution in [1.82, 2.24) is 4.90 Å². The van der Waals surface area contributed by atoms with E-state index in [4.69, 9.17) is 14.2 Å². The molecule has 2 amide bonds. The van der Waals surface area contributed by atoms with Crippen molar-refractivity contribution in [3.8, 4) is 11.5 Å². The first-order chi connectivity index (χ1) is 16.0. The van der Waals surface area contributed by atoms with Crippen molar-refractivity contribution in [3.05, 3.63) is 59.8 Å². The number of carbonyl (C=O) groups excluding carboxylic acids is 2. The maximum Gasteiger partial charge on any atom is 0.278 e. The Kier molecular flexibility index (Phi) is 8.49. The molecule has 0 fully saturated rings. The van der Waals surface area contributed by atoms with E-state index in [0.29, 0.717) is 54.6 Å². The van der Waals surface area contributed by atoms with Crippen LogP contribution >= 0.6 is 0 Å². The Morgan fingerprint density at radius 3 is 2.33 bits per heavy atom. The number of carbonyl (C=O) groups is 2. The summed E-state index contributed by atoms with van der Waals surface area (Å²) in [5.41, 5.74) is 1.84. The van der Waals surface area contributed by atoms with Crippen LogP contribution in [0.3, 0.4) is 0 Å². The van der Waals surface area contributed by atoms with Gasteiger partial charge in [-0.2, -0.15) is 0 Å². The van der Waals surface area contributed by atoms with Crippen molar-refractivity contribution >= 4 is 23.1 Å². The van der Waals surface area contributed by atoms with Gasteiger partial charge in [-0.15, -0.1) is 0 Å². The van der Waals surface area contributed by atoms with Gasteiger partial charge >= 0.3 is 0 Å². The number of ether oxygens (including phenoxy) is 3. The van der Waals surface area contributed by atoms with E-state index >= 15 is 0 Å². The topological polar surface area (TPSA) is 77.1 Å². The molecular weight excluding hydrogens is 420 g/mol. The van der Waals surface area contributed by atoms with E-state index in [1.54, 1.807) is 12.1 Å². The van der Waals surface area contributed by atoms with Crippen LogP contribution in [0, 0.1) is 0 Å². The van der Waals surface area contributed by atoms with Crippen LogP contribution in [0.1, 0.15) is 39.7 Å². The molecule has 2 aromatic rings. The summed E-state index contributed by atoms with van der Waals surface area (Å²) in [5, 5.41) is 3.18. The number of imide groups is 1. The van der Waals surface area contributed by atoms with Crippen LogP contribution in [0.15, 0.2) is 54.2 Å². The lowest BCUT2D eigenvalue weighted by atomic mass is 10.0. The van der Waals surface area contributed by atoms with Gasteiger partial charge in [-0.1, -0.05) is 24.3 Å². The molecule has 3 rings (SSSR count). The van der Waals surface area contributed by atoms with E-state index in [1.165, 1.54) is 4.90 Å². The summed E-state index contributed by atoms with van der Waals surface area (Å²) in [6.45, 7) is 9.56. The van der Waals surface area contributed by atoms with Gasteiger partial charge in [-0.05, 0) is 63.9 Å². The minimum absolute atomic E-state index is 0.0397. The van der Waals surface area contributed by atoms with E-state index < -0.39 is 0 Å². The zero-order valence-electron chi connectivity index (χ0n) is 19.7. The molecule has 0 aliphatic carbocycles. The van der Waals surface area contributed by atoms with E-state index in [0.717, 1.165) is 0 Å². The maximum absolute atomic E-state index is 13.4. The second-order valence-corrected chi connectivity index (χ2v) is 7.81. The fourth-order valence-corrected chi connectivity index (χ4v) is 3.59. The number of hydrogen-bond donors (Lipinski definition) is 1. The highest BCUT2D eigenvalue weighted by Gasteiger charge is 2.39. The summed E-state index contributed by atoms with van der Waals surface area (Å²) in [5.74, 6) is 0.629. The zero-order valence-corrected chi connectivity index (χ0v) is 19.7. The van der Waals surface area contributed by atoms with E-state index in [1.807, 2.05) is 64.1 Å². The van der Waals surface area contributed by atoms with Gasteiger partial charge in [0.2, 0.25) is 0 Å². The molecule has 7 heteroatoms. The normalized spacial score (nSPS) is 13.8. The molecule has 0 saturated heterocycles. The molecule has 0 atom stereocenters. The summed E-state index contributed by atoms with van der Waals surface area (Å²) in [4.78, 5) is 28.0. The molecule has 0 saturated carbocycles. The third kappa shape index (κ3) is 5.93. The number of anilines is 1. The van der Waals surface area contributed by atoms with Gasteiger partial charge in [0.25, 0.3) is 11.8 Å². The molecule has 2 aromatic carbocycles. The van der Waals surface area contributed by atoms with Crippen LogP contribution in [0.25, 0.3) is 5.57 Å². The van der Waals surface area contributed by atoms with Crippen LogP contribution in [0.4, 0.5) is 5.69 Å². The molecule has 0 spiro atoms. The van der Waals surface area contributed by atoms with Gasteiger partial charge in [0.15, 0.2) is 0 Å². The van der Waals surface area contributed by atoms with Crippen molar-refractivity contribution in [3.63, 3.8) is 0 Å². The first-order valence-electron chi connectivity index (χ1n) is 11.4. The van der Waals surface area contributed by atoms with Crippen molar-refractivity contribution in [2.24, 2.45) is 0 Å². The Morgan fingerprint density at radius 2 is 1.67 bits per heavy atom. The Hall–Kier alpha value is -3.32. The number of hydrogen-bond acceptors (Lipinski definition) is 6. The van der Waals surface area contributed by atoms with Crippen molar-refractivity contribution in [2.75, 3.05) is 31.7 Å². The van der Waals surface area contributed by atoms with E-state index in [-0.39, 0.29) is 30.2 Å². The first-order valence-corrected chi connectivity index (χ1v) is 11.4. The number of benzene rings is 2. The van der Waals surface area contributed by atoms with Gasteiger partial charge in [-0.3, -0.25) is 14.5 Å². The molecule has 7 nitrogen and oxygen atoms in total. The molecular formula is C26H32N2O5. The molecule has 176 valence electrons. The van der Waals surface area contributed by atoms with Gasteiger partial charge in [-0.25, -0.2) is 0 Å². The molecule has 33 heavy (non-hydrogen) atoms. The van der Waals surface area contributed by atoms with Crippen molar-refractivity contribution < 1.29 is 23.8 Å². The van der Waals surface area contributed by atoms with Crippen LogP contribution < -0.4 is 14.8 Å². The van der Waals surface area contributed by atoms with Crippen molar-refractivity contribution in [1.29, 1.82) is 0 Å².